The maximum atomic E-state index is 6.23. The van der Waals surface area contributed by atoms with Crippen LogP contribution in [0.1, 0.15) is 25.1 Å². The van der Waals surface area contributed by atoms with Crippen LogP contribution in [0.5, 0.6) is 0 Å². The summed E-state index contributed by atoms with van der Waals surface area (Å²) in [6, 6.07) is 7.47. The molecule has 0 amide bonds. The van der Waals surface area contributed by atoms with Crippen LogP contribution in [-0.2, 0) is 5.54 Å². The van der Waals surface area contributed by atoms with E-state index in [-0.39, 0.29) is 12.4 Å². The number of halogens is 2. The molecule has 3 aromatic rings. The lowest BCUT2D eigenvalue weighted by Gasteiger charge is -2.34. The Balaban J connectivity index is 0.00000144. The lowest BCUT2D eigenvalue weighted by molar-refractivity contribution is 0.229. The maximum Gasteiger partial charge on any atom is 0.260 e. The largest absolute Gasteiger partial charge is 0.334 e. The van der Waals surface area contributed by atoms with Crippen molar-refractivity contribution in [2.24, 2.45) is 5.73 Å². The van der Waals surface area contributed by atoms with Crippen molar-refractivity contribution < 1.29 is 4.52 Å². The fourth-order valence-corrected chi connectivity index (χ4v) is 2.86. The minimum absolute atomic E-state index is 0. The van der Waals surface area contributed by atoms with Gasteiger partial charge >= 0.3 is 0 Å². The number of hydrogen-bond donors (Lipinski definition) is 1. The van der Waals surface area contributed by atoms with Gasteiger partial charge in [-0.15, -0.1) is 12.4 Å². The van der Waals surface area contributed by atoms with Crippen LogP contribution in [0.25, 0.3) is 22.4 Å². The Kier molecular flexibility index (Phi) is 3.80. The molecule has 0 atom stereocenters. The Morgan fingerprint density at radius 2 is 2.09 bits per heavy atom. The van der Waals surface area contributed by atoms with Crippen molar-refractivity contribution in [3.05, 3.63) is 41.3 Å². The molecule has 0 radical (unpaired) electrons. The number of rotatable bonds is 2. The molecule has 0 aliphatic heterocycles. The van der Waals surface area contributed by atoms with Crippen molar-refractivity contribution in [3.63, 3.8) is 0 Å². The summed E-state index contributed by atoms with van der Waals surface area (Å²) in [5.41, 5.74) is 7.32. The quantitative estimate of drug-likeness (QED) is 0.771. The summed E-state index contributed by atoms with van der Waals surface area (Å²) in [7, 11) is 0. The smallest absolute Gasteiger partial charge is 0.260 e. The summed E-state index contributed by atoms with van der Waals surface area (Å²) in [6.45, 7) is 0. The van der Waals surface area contributed by atoms with Crippen LogP contribution < -0.4 is 5.73 Å². The topological polar surface area (TPSA) is 77.8 Å². The van der Waals surface area contributed by atoms with E-state index in [0.29, 0.717) is 16.7 Å². The summed E-state index contributed by atoms with van der Waals surface area (Å²) < 4.78 is 5.40. The van der Waals surface area contributed by atoms with E-state index in [1.165, 1.54) is 0 Å². The molecule has 1 aromatic carbocycles. The number of nitrogens with zero attached hydrogens (tertiary/aromatic N) is 3. The predicted octanol–water partition coefficient (Wildman–Crippen LogP) is 3.70. The number of nitrogens with two attached hydrogens (primary N) is 1. The molecule has 0 unspecified atom stereocenters. The van der Waals surface area contributed by atoms with Gasteiger partial charge in [-0.3, -0.25) is 4.98 Å². The van der Waals surface area contributed by atoms with Gasteiger partial charge in [0.1, 0.15) is 0 Å². The molecular weight excluding hydrogens is 323 g/mol. The maximum absolute atomic E-state index is 6.23. The van der Waals surface area contributed by atoms with Crippen molar-refractivity contribution in [2.75, 3.05) is 0 Å². The van der Waals surface area contributed by atoms with Gasteiger partial charge in [0, 0.05) is 16.6 Å². The second kappa shape index (κ2) is 5.50. The average molecular weight is 337 g/mol. The lowest BCUT2D eigenvalue weighted by atomic mass is 9.77. The molecule has 1 aliphatic rings. The minimum Gasteiger partial charge on any atom is -0.334 e. The summed E-state index contributed by atoms with van der Waals surface area (Å²) in [5, 5.41) is 5.58. The van der Waals surface area contributed by atoms with E-state index in [2.05, 4.69) is 15.1 Å². The minimum atomic E-state index is -0.441. The highest BCUT2D eigenvalue weighted by Crippen LogP contribution is 2.38. The number of aromatic nitrogens is 3. The second-order valence-corrected chi connectivity index (χ2v) is 5.90. The van der Waals surface area contributed by atoms with E-state index in [1.807, 2.05) is 18.2 Å². The Labute approximate surface area is 138 Å². The third-order valence-corrected chi connectivity index (χ3v) is 4.24. The van der Waals surface area contributed by atoms with Crippen LogP contribution in [0.3, 0.4) is 0 Å². The van der Waals surface area contributed by atoms with Crippen molar-refractivity contribution in [2.45, 2.75) is 24.8 Å². The molecular formula is C15H14Cl2N4O. The molecule has 2 aromatic heterocycles. The monoisotopic (exact) mass is 336 g/mol. The molecule has 1 saturated carbocycles. The van der Waals surface area contributed by atoms with E-state index in [1.54, 1.807) is 12.3 Å². The molecule has 0 spiro atoms. The molecule has 22 heavy (non-hydrogen) atoms. The van der Waals surface area contributed by atoms with Crippen LogP contribution in [0.2, 0.25) is 5.02 Å². The summed E-state index contributed by atoms with van der Waals surface area (Å²) in [5.74, 6) is 0.973. The molecule has 0 bridgehead atoms. The van der Waals surface area contributed by atoms with Crippen molar-refractivity contribution in [1.29, 1.82) is 0 Å². The van der Waals surface area contributed by atoms with Crippen LogP contribution >= 0.6 is 24.0 Å². The zero-order chi connectivity index (χ0) is 14.4. The van der Waals surface area contributed by atoms with Gasteiger partial charge < -0.3 is 10.3 Å². The molecule has 2 heterocycles. The first-order chi connectivity index (χ1) is 10.2. The summed E-state index contributed by atoms with van der Waals surface area (Å²) >= 11 is 6.17. The Morgan fingerprint density at radius 3 is 2.82 bits per heavy atom. The summed E-state index contributed by atoms with van der Waals surface area (Å²) in [6.07, 6.45) is 4.61. The third-order valence-electron chi connectivity index (χ3n) is 4.02. The first-order valence-electron chi connectivity index (χ1n) is 6.83. The van der Waals surface area contributed by atoms with Gasteiger partial charge in [-0.05, 0) is 37.5 Å². The zero-order valence-electron chi connectivity index (χ0n) is 11.6. The molecule has 4 rings (SSSR count). The number of pyridine rings is 1. The zero-order valence-corrected chi connectivity index (χ0v) is 13.2. The molecule has 114 valence electrons. The normalized spacial score (nSPS) is 16.1. The molecule has 1 fully saturated rings. The third kappa shape index (κ3) is 2.35. The molecule has 7 heteroatoms. The average Bonchev–Trinajstić information content (AvgIpc) is 2.93. The standard InChI is InChI=1S/C15H13ClN4O.ClH/c16-10-7-9-3-1-6-18-12(9)11(8-10)13-19-14(20-21-13)15(17)4-2-5-15;/h1,3,6-8H,2,4-5,17H2;1H. The number of hydrogen-bond acceptors (Lipinski definition) is 5. The fourth-order valence-electron chi connectivity index (χ4n) is 2.64. The van der Waals surface area contributed by atoms with E-state index in [0.717, 1.165) is 35.7 Å². The Bertz CT molecular complexity index is 829. The predicted molar refractivity (Wildman–Crippen MR) is 87.0 cm³/mol. The second-order valence-electron chi connectivity index (χ2n) is 5.46. The molecule has 2 N–H and O–H groups in total. The van der Waals surface area contributed by atoms with Crippen LogP contribution in [0.4, 0.5) is 0 Å². The van der Waals surface area contributed by atoms with Crippen LogP contribution in [0.15, 0.2) is 35.0 Å². The number of fused-ring (bicyclic) bond motifs is 1. The first-order valence-corrected chi connectivity index (χ1v) is 7.21. The highest BCUT2D eigenvalue weighted by Gasteiger charge is 2.39. The van der Waals surface area contributed by atoms with Crippen molar-refractivity contribution in [1.82, 2.24) is 15.1 Å². The lowest BCUT2D eigenvalue weighted by Crippen LogP contribution is -2.44. The van der Waals surface area contributed by atoms with E-state index < -0.39 is 5.54 Å². The van der Waals surface area contributed by atoms with E-state index >= 15 is 0 Å². The van der Waals surface area contributed by atoms with E-state index in [4.69, 9.17) is 21.9 Å². The van der Waals surface area contributed by atoms with Gasteiger partial charge in [-0.25, -0.2) is 0 Å². The Morgan fingerprint density at radius 1 is 1.27 bits per heavy atom. The highest BCUT2D eigenvalue weighted by molar-refractivity contribution is 6.31. The molecule has 0 saturated heterocycles. The summed E-state index contributed by atoms with van der Waals surface area (Å²) in [4.78, 5) is 8.85. The fraction of sp³-hybridized carbons (Fsp3) is 0.267. The van der Waals surface area contributed by atoms with Gasteiger partial charge in [0.05, 0.1) is 16.6 Å². The molecule has 1 aliphatic carbocycles. The SMILES string of the molecule is Cl.NC1(c2noc(-c3cc(Cl)cc4cccnc34)n2)CCC1. The van der Waals surface area contributed by atoms with Crippen molar-refractivity contribution >= 4 is 34.9 Å². The van der Waals surface area contributed by atoms with Gasteiger partial charge in [-0.2, -0.15) is 4.98 Å². The first kappa shape index (κ1) is 15.2. The van der Waals surface area contributed by atoms with Crippen LogP contribution in [-0.4, -0.2) is 15.1 Å². The number of benzene rings is 1. The Hall–Kier alpha value is -1.69. The van der Waals surface area contributed by atoms with Crippen LogP contribution in [0, 0.1) is 0 Å². The van der Waals surface area contributed by atoms with Gasteiger partial charge in [0.2, 0.25) is 0 Å². The van der Waals surface area contributed by atoms with E-state index in [9.17, 15) is 0 Å². The highest BCUT2D eigenvalue weighted by atomic mass is 35.5. The van der Waals surface area contributed by atoms with Gasteiger partial charge in [0.25, 0.3) is 5.89 Å². The molecule has 5 nitrogen and oxygen atoms in total. The van der Waals surface area contributed by atoms with Crippen molar-refractivity contribution in [3.8, 4) is 11.5 Å². The van der Waals surface area contributed by atoms with Gasteiger partial charge in [0.15, 0.2) is 5.82 Å². The van der Waals surface area contributed by atoms with Gasteiger partial charge in [-0.1, -0.05) is 22.8 Å².